The molecule has 2 unspecified atom stereocenters. The van der Waals surface area contributed by atoms with Crippen molar-refractivity contribution in [3.05, 3.63) is 0 Å². The van der Waals surface area contributed by atoms with Crippen LogP contribution in [0.4, 0.5) is 0 Å². The zero-order chi connectivity index (χ0) is 10.2. The van der Waals surface area contributed by atoms with Crippen LogP contribution in [0.25, 0.3) is 0 Å². The number of piperazine rings is 1. The average molecular weight is 198 g/mol. The molecule has 4 nitrogen and oxygen atoms in total. The third kappa shape index (κ3) is 1.64. The SMILES string of the molecule is CC1CC2(CC(C)O1)NCCNC2=O. The van der Waals surface area contributed by atoms with Gasteiger partial charge in [0.25, 0.3) is 0 Å². The Balaban J connectivity index is 2.15. The molecule has 2 heterocycles. The topological polar surface area (TPSA) is 50.4 Å². The molecule has 0 radical (unpaired) electrons. The highest BCUT2D eigenvalue weighted by molar-refractivity contribution is 5.87. The van der Waals surface area contributed by atoms with E-state index in [2.05, 4.69) is 10.6 Å². The van der Waals surface area contributed by atoms with Crippen molar-refractivity contribution >= 4 is 5.91 Å². The van der Waals surface area contributed by atoms with Gasteiger partial charge >= 0.3 is 0 Å². The van der Waals surface area contributed by atoms with Gasteiger partial charge in [0.2, 0.25) is 5.91 Å². The molecule has 14 heavy (non-hydrogen) atoms. The molecule has 80 valence electrons. The Labute approximate surface area is 84.4 Å². The molecule has 1 spiro atoms. The normalized spacial score (nSPS) is 43.7. The first-order valence-corrected chi connectivity index (χ1v) is 5.31. The van der Waals surface area contributed by atoms with E-state index in [1.807, 2.05) is 13.8 Å². The number of carbonyl (C=O) groups is 1. The van der Waals surface area contributed by atoms with Crippen LogP contribution in [0, 0.1) is 0 Å². The van der Waals surface area contributed by atoms with Crippen molar-refractivity contribution in [2.24, 2.45) is 0 Å². The molecule has 1 amide bonds. The lowest BCUT2D eigenvalue weighted by atomic mass is 9.82. The van der Waals surface area contributed by atoms with Gasteiger partial charge in [-0.05, 0) is 13.8 Å². The molecule has 0 aliphatic carbocycles. The zero-order valence-electron chi connectivity index (χ0n) is 8.80. The summed E-state index contributed by atoms with van der Waals surface area (Å²) in [6, 6.07) is 0. The first-order valence-electron chi connectivity index (χ1n) is 5.31. The summed E-state index contributed by atoms with van der Waals surface area (Å²) in [5, 5.41) is 6.28. The van der Waals surface area contributed by atoms with Crippen LogP contribution in [0.2, 0.25) is 0 Å². The molecular formula is C10H18N2O2. The maximum Gasteiger partial charge on any atom is 0.240 e. The van der Waals surface area contributed by atoms with E-state index in [0.717, 1.165) is 25.9 Å². The molecule has 0 saturated carbocycles. The van der Waals surface area contributed by atoms with Crippen molar-refractivity contribution in [1.29, 1.82) is 0 Å². The molecule has 2 rings (SSSR count). The Morgan fingerprint density at radius 2 is 1.93 bits per heavy atom. The van der Waals surface area contributed by atoms with Gasteiger partial charge in [0.05, 0.1) is 12.2 Å². The van der Waals surface area contributed by atoms with Gasteiger partial charge in [-0.3, -0.25) is 4.79 Å². The third-order valence-electron chi connectivity index (χ3n) is 3.05. The summed E-state index contributed by atoms with van der Waals surface area (Å²) in [6.45, 7) is 5.66. The largest absolute Gasteiger partial charge is 0.375 e. The van der Waals surface area contributed by atoms with Crippen LogP contribution in [0.3, 0.4) is 0 Å². The molecule has 0 aromatic heterocycles. The van der Waals surface area contributed by atoms with E-state index in [-0.39, 0.29) is 23.7 Å². The first-order chi connectivity index (χ1) is 6.62. The summed E-state index contributed by atoms with van der Waals surface area (Å²) in [5.41, 5.74) is -0.366. The third-order valence-corrected chi connectivity index (χ3v) is 3.05. The molecule has 2 aliphatic rings. The van der Waals surface area contributed by atoms with Crippen molar-refractivity contribution < 1.29 is 9.53 Å². The highest BCUT2D eigenvalue weighted by Crippen LogP contribution is 2.29. The van der Waals surface area contributed by atoms with E-state index in [1.54, 1.807) is 0 Å². The van der Waals surface area contributed by atoms with Crippen molar-refractivity contribution in [2.45, 2.75) is 44.4 Å². The Bertz CT molecular complexity index is 232. The van der Waals surface area contributed by atoms with Gasteiger partial charge in [-0.1, -0.05) is 0 Å². The van der Waals surface area contributed by atoms with E-state index in [4.69, 9.17) is 4.74 Å². The second-order valence-corrected chi connectivity index (χ2v) is 4.43. The summed E-state index contributed by atoms with van der Waals surface area (Å²) in [4.78, 5) is 11.8. The Kier molecular flexibility index (Phi) is 2.49. The first kappa shape index (κ1) is 9.93. The molecule has 2 N–H and O–H groups in total. The van der Waals surface area contributed by atoms with E-state index in [0.29, 0.717) is 0 Å². The van der Waals surface area contributed by atoms with Crippen molar-refractivity contribution in [3.8, 4) is 0 Å². The molecule has 2 atom stereocenters. The van der Waals surface area contributed by atoms with Gasteiger partial charge in [-0.15, -0.1) is 0 Å². The van der Waals surface area contributed by atoms with Gasteiger partial charge < -0.3 is 15.4 Å². The van der Waals surface area contributed by atoms with Crippen LogP contribution in [0.15, 0.2) is 0 Å². The average Bonchev–Trinajstić information content (AvgIpc) is 2.08. The Hall–Kier alpha value is -0.610. The quantitative estimate of drug-likeness (QED) is 0.577. The molecule has 2 fully saturated rings. The molecule has 0 bridgehead atoms. The summed E-state index contributed by atoms with van der Waals surface area (Å²) in [6.07, 6.45) is 1.89. The lowest BCUT2D eigenvalue weighted by molar-refractivity contribution is -0.141. The summed E-state index contributed by atoms with van der Waals surface area (Å²) < 4.78 is 5.64. The number of ether oxygens (including phenoxy) is 1. The van der Waals surface area contributed by atoms with Crippen molar-refractivity contribution in [1.82, 2.24) is 10.6 Å². The minimum Gasteiger partial charge on any atom is -0.375 e. The monoisotopic (exact) mass is 198 g/mol. The van der Waals surface area contributed by atoms with E-state index in [1.165, 1.54) is 0 Å². The van der Waals surface area contributed by atoms with Crippen LogP contribution in [0.1, 0.15) is 26.7 Å². The zero-order valence-corrected chi connectivity index (χ0v) is 8.80. The molecule has 0 aromatic carbocycles. The molecular weight excluding hydrogens is 180 g/mol. The molecule has 0 aromatic rings. The molecule has 2 saturated heterocycles. The number of rotatable bonds is 0. The lowest BCUT2D eigenvalue weighted by Gasteiger charge is -2.44. The minimum absolute atomic E-state index is 0.144. The summed E-state index contributed by atoms with van der Waals surface area (Å²) >= 11 is 0. The van der Waals surface area contributed by atoms with Crippen molar-refractivity contribution in [2.75, 3.05) is 13.1 Å². The number of carbonyl (C=O) groups excluding carboxylic acids is 1. The molecule has 2 aliphatic heterocycles. The second kappa shape index (κ2) is 3.51. The van der Waals surface area contributed by atoms with Gasteiger partial charge in [0.15, 0.2) is 0 Å². The Morgan fingerprint density at radius 3 is 2.50 bits per heavy atom. The van der Waals surface area contributed by atoms with Crippen LogP contribution >= 0.6 is 0 Å². The minimum atomic E-state index is -0.366. The lowest BCUT2D eigenvalue weighted by Crippen LogP contribution is -2.66. The smallest absolute Gasteiger partial charge is 0.240 e. The van der Waals surface area contributed by atoms with Gasteiger partial charge in [0, 0.05) is 25.9 Å². The van der Waals surface area contributed by atoms with Crippen LogP contribution in [0.5, 0.6) is 0 Å². The van der Waals surface area contributed by atoms with Gasteiger partial charge in [-0.25, -0.2) is 0 Å². The number of hydrogen-bond acceptors (Lipinski definition) is 3. The van der Waals surface area contributed by atoms with E-state index in [9.17, 15) is 4.79 Å². The highest BCUT2D eigenvalue weighted by atomic mass is 16.5. The fraction of sp³-hybridized carbons (Fsp3) is 0.900. The summed E-state index contributed by atoms with van der Waals surface area (Å²) in [5.74, 6) is 0.144. The van der Waals surface area contributed by atoms with Gasteiger partial charge in [0.1, 0.15) is 5.54 Å². The predicted octanol–water partition coefficient (Wildman–Crippen LogP) is 0.0320. The number of nitrogens with one attached hydrogen (secondary N) is 2. The molecule has 4 heteroatoms. The van der Waals surface area contributed by atoms with E-state index < -0.39 is 0 Å². The summed E-state index contributed by atoms with van der Waals surface area (Å²) in [7, 11) is 0. The maximum atomic E-state index is 11.8. The van der Waals surface area contributed by atoms with Crippen LogP contribution in [-0.4, -0.2) is 36.7 Å². The standard InChI is InChI=1S/C10H18N2O2/c1-7-5-10(6-8(2)14-7)9(13)11-3-4-12-10/h7-8,12H,3-6H2,1-2H3,(H,11,13). The van der Waals surface area contributed by atoms with E-state index >= 15 is 0 Å². The second-order valence-electron chi connectivity index (χ2n) is 4.43. The van der Waals surface area contributed by atoms with Gasteiger partial charge in [-0.2, -0.15) is 0 Å². The van der Waals surface area contributed by atoms with Crippen LogP contribution < -0.4 is 10.6 Å². The fourth-order valence-corrected chi connectivity index (χ4v) is 2.61. The maximum absolute atomic E-state index is 11.8. The fourth-order valence-electron chi connectivity index (χ4n) is 2.61. The number of amides is 1. The predicted molar refractivity (Wildman–Crippen MR) is 53.0 cm³/mol. The Morgan fingerprint density at radius 1 is 1.29 bits per heavy atom. The van der Waals surface area contributed by atoms with Crippen LogP contribution in [-0.2, 0) is 9.53 Å². The highest BCUT2D eigenvalue weighted by Gasteiger charge is 2.45. The number of hydrogen-bond donors (Lipinski definition) is 2. The van der Waals surface area contributed by atoms with Crippen molar-refractivity contribution in [3.63, 3.8) is 0 Å².